The summed E-state index contributed by atoms with van der Waals surface area (Å²) < 4.78 is 0.985. The Balaban J connectivity index is 2.03. The number of anilines is 1. The van der Waals surface area contributed by atoms with E-state index in [0.717, 1.165) is 22.1 Å². The van der Waals surface area contributed by atoms with Crippen LogP contribution in [-0.4, -0.2) is 22.6 Å². The Morgan fingerprint density at radius 1 is 1.35 bits per heavy atom. The maximum Gasteiger partial charge on any atom is 0.112 e. The van der Waals surface area contributed by atoms with Crippen LogP contribution < -0.4 is 4.90 Å². The molecule has 0 aliphatic carbocycles. The average Bonchev–Trinajstić information content (AvgIpc) is 2.47. The normalized spacial score (nSPS) is 19.5. The van der Waals surface area contributed by atoms with E-state index in [1.807, 2.05) is 18.5 Å². The van der Waals surface area contributed by atoms with Crippen LogP contribution in [0.3, 0.4) is 0 Å². The Morgan fingerprint density at radius 3 is 3.10 bits per heavy atom. The van der Waals surface area contributed by atoms with E-state index in [1.165, 1.54) is 37.8 Å². The Bertz CT molecular complexity index is 597. The van der Waals surface area contributed by atoms with Gasteiger partial charge in [-0.25, -0.2) is 0 Å². The monoisotopic (exact) mass is 333 g/mol. The fraction of sp³-hybridized carbons (Fsp3) is 0.500. The molecule has 1 saturated heterocycles. The number of piperidine rings is 1. The molecule has 0 amide bonds. The minimum absolute atomic E-state index is 0.657. The molecule has 20 heavy (non-hydrogen) atoms. The van der Waals surface area contributed by atoms with E-state index in [2.05, 4.69) is 43.8 Å². The third-order valence-corrected chi connectivity index (χ3v) is 4.51. The zero-order valence-electron chi connectivity index (χ0n) is 11.8. The molecular weight excluding hydrogens is 314 g/mol. The molecule has 3 rings (SSSR count). The van der Waals surface area contributed by atoms with Gasteiger partial charge in [0.2, 0.25) is 0 Å². The van der Waals surface area contributed by atoms with E-state index in [0.29, 0.717) is 6.04 Å². The lowest BCUT2D eigenvalue weighted by Gasteiger charge is -2.37. The molecule has 3 heterocycles. The minimum atomic E-state index is 0.657. The molecule has 0 radical (unpaired) electrons. The molecule has 1 unspecified atom stereocenters. The van der Waals surface area contributed by atoms with Crippen molar-refractivity contribution >= 4 is 32.7 Å². The van der Waals surface area contributed by atoms with Gasteiger partial charge in [-0.05, 0) is 53.7 Å². The molecule has 0 N–H and O–H groups in total. The topological polar surface area (TPSA) is 29.0 Å². The fourth-order valence-corrected chi connectivity index (χ4v) is 3.49. The molecule has 0 saturated carbocycles. The van der Waals surface area contributed by atoms with Crippen molar-refractivity contribution in [1.29, 1.82) is 0 Å². The minimum Gasteiger partial charge on any atom is -0.367 e. The molecule has 1 atom stereocenters. The predicted molar refractivity (Wildman–Crippen MR) is 87.1 cm³/mol. The van der Waals surface area contributed by atoms with Crippen LogP contribution in [0, 0.1) is 0 Å². The highest BCUT2D eigenvalue weighted by Gasteiger charge is 2.23. The van der Waals surface area contributed by atoms with Gasteiger partial charge in [0.05, 0.1) is 11.2 Å². The highest BCUT2D eigenvalue weighted by atomic mass is 79.9. The largest absolute Gasteiger partial charge is 0.367 e. The molecule has 1 aliphatic rings. The van der Waals surface area contributed by atoms with Gasteiger partial charge in [0.25, 0.3) is 0 Å². The number of rotatable bonds is 3. The summed E-state index contributed by atoms with van der Waals surface area (Å²) in [5.74, 6) is 0. The van der Waals surface area contributed by atoms with Crippen molar-refractivity contribution in [3.8, 4) is 0 Å². The second kappa shape index (κ2) is 6.08. The number of aromatic nitrogens is 2. The summed E-state index contributed by atoms with van der Waals surface area (Å²) in [7, 11) is 0. The number of halogens is 1. The third kappa shape index (κ3) is 2.66. The zero-order valence-corrected chi connectivity index (χ0v) is 13.4. The quantitative estimate of drug-likeness (QED) is 0.824. The van der Waals surface area contributed by atoms with Crippen LogP contribution in [0.1, 0.15) is 39.0 Å². The van der Waals surface area contributed by atoms with Crippen LogP contribution >= 0.6 is 15.9 Å². The number of hydrogen-bond donors (Lipinski definition) is 0. The van der Waals surface area contributed by atoms with E-state index in [1.54, 1.807) is 0 Å². The van der Waals surface area contributed by atoms with Crippen molar-refractivity contribution in [3.63, 3.8) is 0 Å². The lowest BCUT2D eigenvalue weighted by molar-refractivity contribution is 0.435. The molecule has 3 nitrogen and oxygen atoms in total. The molecule has 106 valence electrons. The Hall–Kier alpha value is -1.16. The number of pyridine rings is 2. The van der Waals surface area contributed by atoms with Gasteiger partial charge in [-0.15, -0.1) is 0 Å². The predicted octanol–water partition coefficient (Wildman–Crippen LogP) is 4.55. The number of hydrogen-bond acceptors (Lipinski definition) is 3. The fourth-order valence-electron chi connectivity index (χ4n) is 3.17. The van der Waals surface area contributed by atoms with Gasteiger partial charge in [0, 0.05) is 29.5 Å². The second-order valence-electron chi connectivity index (χ2n) is 5.48. The molecular formula is C16H20BrN3. The lowest BCUT2D eigenvalue weighted by Crippen LogP contribution is -2.39. The first kappa shape index (κ1) is 13.8. The van der Waals surface area contributed by atoms with Crippen molar-refractivity contribution in [3.05, 3.63) is 29.0 Å². The van der Waals surface area contributed by atoms with E-state index in [-0.39, 0.29) is 0 Å². The molecule has 0 aromatic carbocycles. The van der Waals surface area contributed by atoms with Gasteiger partial charge >= 0.3 is 0 Å². The van der Waals surface area contributed by atoms with Gasteiger partial charge in [0.1, 0.15) is 5.52 Å². The first-order valence-corrected chi connectivity index (χ1v) is 8.26. The highest BCUT2D eigenvalue weighted by Crippen LogP contribution is 2.31. The maximum absolute atomic E-state index is 4.60. The van der Waals surface area contributed by atoms with Crippen LogP contribution in [0.2, 0.25) is 0 Å². The van der Waals surface area contributed by atoms with E-state index < -0.39 is 0 Å². The summed E-state index contributed by atoms with van der Waals surface area (Å²) in [5, 5.41) is 0. The first-order chi connectivity index (χ1) is 9.79. The molecule has 4 heteroatoms. The summed E-state index contributed by atoms with van der Waals surface area (Å²) in [6.45, 7) is 3.41. The zero-order chi connectivity index (χ0) is 13.9. The van der Waals surface area contributed by atoms with Crippen molar-refractivity contribution in [2.45, 2.75) is 45.1 Å². The molecule has 0 spiro atoms. The number of fused-ring (bicyclic) bond motifs is 1. The lowest BCUT2D eigenvalue weighted by atomic mass is 9.97. The Morgan fingerprint density at radius 2 is 2.25 bits per heavy atom. The highest BCUT2D eigenvalue weighted by molar-refractivity contribution is 9.10. The summed E-state index contributed by atoms with van der Waals surface area (Å²) in [5.41, 5.74) is 3.25. The summed E-state index contributed by atoms with van der Waals surface area (Å²) in [6, 6.07) is 4.83. The van der Waals surface area contributed by atoms with Gasteiger partial charge in [0.15, 0.2) is 0 Å². The van der Waals surface area contributed by atoms with E-state index in [4.69, 9.17) is 0 Å². The van der Waals surface area contributed by atoms with Gasteiger partial charge < -0.3 is 4.90 Å². The van der Waals surface area contributed by atoms with Crippen LogP contribution in [0.4, 0.5) is 5.69 Å². The Kier molecular flexibility index (Phi) is 4.20. The van der Waals surface area contributed by atoms with Crippen molar-refractivity contribution < 1.29 is 0 Å². The first-order valence-electron chi connectivity index (χ1n) is 7.46. The van der Waals surface area contributed by atoms with Crippen molar-refractivity contribution in [2.24, 2.45) is 0 Å². The van der Waals surface area contributed by atoms with Gasteiger partial charge in [-0.1, -0.05) is 13.3 Å². The summed E-state index contributed by atoms with van der Waals surface area (Å²) in [6.07, 6.45) is 10.2. The second-order valence-corrected chi connectivity index (χ2v) is 6.40. The van der Waals surface area contributed by atoms with E-state index in [9.17, 15) is 0 Å². The smallest absolute Gasteiger partial charge is 0.112 e. The van der Waals surface area contributed by atoms with Gasteiger partial charge in [-0.3, -0.25) is 9.97 Å². The van der Waals surface area contributed by atoms with Gasteiger partial charge in [-0.2, -0.15) is 0 Å². The average molecular weight is 334 g/mol. The van der Waals surface area contributed by atoms with Crippen molar-refractivity contribution in [2.75, 3.05) is 11.4 Å². The van der Waals surface area contributed by atoms with Crippen LogP contribution in [-0.2, 0) is 0 Å². The molecule has 2 aromatic rings. The SMILES string of the molecule is CCCC1CCCCN1c1ccnc2cc(Br)cnc12. The Labute approximate surface area is 128 Å². The molecule has 1 fully saturated rings. The molecule has 2 aromatic heterocycles. The van der Waals surface area contributed by atoms with Crippen molar-refractivity contribution in [1.82, 2.24) is 9.97 Å². The molecule has 0 bridgehead atoms. The number of nitrogens with zero attached hydrogens (tertiary/aromatic N) is 3. The third-order valence-electron chi connectivity index (χ3n) is 4.08. The van der Waals surface area contributed by atoms with Crippen LogP contribution in [0.25, 0.3) is 11.0 Å². The van der Waals surface area contributed by atoms with E-state index >= 15 is 0 Å². The van der Waals surface area contributed by atoms with Crippen LogP contribution in [0.15, 0.2) is 29.0 Å². The maximum atomic E-state index is 4.60. The summed E-state index contributed by atoms with van der Waals surface area (Å²) in [4.78, 5) is 11.6. The van der Waals surface area contributed by atoms with Crippen LogP contribution in [0.5, 0.6) is 0 Å². The summed E-state index contributed by atoms with van der Waals surface area (Å²) >= 11 is 3.47. The molecule has 1 aliphatic heterocycles. The standard InChI is InChI=1S/C16H20BrN3/c1-2-5-13-6-3-4-9-20(13)15-7-8-18-14-10-12(17)11-19-16(14)15/h7-8,10-11,13H,2-6,9H2,1H3.